The Balaban J connectivity index is 1.36. The lowest BCUT2D eigenvalue weighted by Crippen LogP contribution is -2.55. The first-order chi connectivity index (χ1) is 18.2. The van der Waals surface area contributed by atoms with Gasteiger partial charge in [0.2, 0.25) is 11.8 Å². The molecule has 1 atom stereocenters. The molecule has 1 fully saturated rings. The third kappa shape index (κ3) is 6.84. The lowest BCUT2D eigenvalue weighted by molar-refractivity contribution is -0.143. The second-order valence-electron chi connectivity index (χ2n) is 10.7. The van der Waals surface area contributed by atoms with Crippen LogP contribution in [-0.2, 0) is 9.59 Å². The Kier molecular flexibility index (Phi) is 9.26. The largest absolute Gasteiger partial charge is 0.339 e. The number of amides is 2. The Morgan fingerprint density at radius 3 is 2.24 bits per heavy atom. The molecule has 2 amide bonds. The van der Waals surface area contributed by atoms with Gasteiger partial charge in [-0.05, 0) is 45.2 Å². The van der Waals surface area contributed by atoms with Gasteiger partial charge in [-0.2, -0.15) is 0 Å². The van der Waals surface area contributed by atoms with Crippen LogP contribution in [0, 0.1) is 19.8 Å². The molecule has 1 unspecified atom stereocenters. The molecule has 1 aliphatic rings. The van der Waals surface area contributed by atoms with Gasteiger partial charge >= 0.3 is 0 Å². The number of carbonyl (C=O) groups is 2. The van der Waals surface area contributed by atoms with Crippen LogP contribution < -0.4 is 0 Å². The molecule has 8 heteroatoms. The number of aromatic nitrogens is 3. The molecule has 1 aliphatic heterocycles. The van der Waals surface area contributed by atoms with Crippen LogP contribution in [-0.4, -0.2) is 67.8 Å². The summed E-state index contributed by atoms with van der Waals surface area (Å²) in [6.45, 7) is 12.2. The van der Waals surface area contributed by atoms with Crippen molar-refractivity contribution in [1.82, 2.24) is 24.6 Å². The number of carbonyl (C=O) groups excluding carboxylic acids is 2. The molecule has 38 heavy (non-hydrogen) atoms. The van der Waals surface area contributed by atoms with Gasteiger partial charge < -0.3 is 9.80 Å². The molecule has 0 N–H and O–H groups in total. The quantitative estimate of drug-likeness (QED) is 0.267. The molecule has 0 bridgehead atoms. The van der Waals surface area contributed by atoms with Gasteiger partial charge in [-0.1, -0.05) is 73.1 Å². The molecule has 2 aromatic carbocycles. The fourth-order valence-electron chi connectivity index (χ4n) is 4.75. The third-order valence-corrected chi connectivity index (χ3v) is 7.90. The number of hydrogen-bond donors (Lipinski definition) is 0. The van der Waals surface area contributed by atoms with Crippen LogP contribution in [0.5, 0.6) is 0 Å². The fraction of sp³-hybridized carbons (Fsp3) is 0.467. The van der Waals surface area contributed by atoms with Crippen LogP contribution in [0.4, 0.5) is 0 Å². The highest BCUT2D eigenvalue weighted by Crippen LogP contribution is 2.29. The van der Waals surface area contributed by atoms with E-state index >= 15 is 0 Å². The monoisotopic (exact) mass is 533 g/mol. The summed E-state index contributed by atoms with van der Waals surface area (Å²) in [4.78, 5) is 29.3. The van der Waals surface area contributed by atoms with Gasteiger partial charge in [-0.25, -0.2) is 0 Å². The molecule has 0 saturated carbocycles. The van der Waals surface area contributed by atoms with Crippen molar-refractivity contribution in [3.63, 3.8) is 0 Å². The molecule has 2 heterocycles. The number of thioether (sulfide) groups is 1. The minimum atomic E-state index is 0.0570. The SMILES string of the molecule is Cc1ccc(-c2nnc(SCCCC(=O)N3CCN(C(=O)CC(C)C)C(C)C3)n2-c2ccc(C)cc2)cc1. The third-order valence-electron chi connectivity index (χ3n) is 6.88. The van der Waals surface area contributed by atoms with E-state index in [0.29, 0.717) is 38.4 Å². The first-order valence-corrected chi connectivity index (χ1v) is 14.5. The summed E-state index contributed by atoms with van der Waals surface area (Å²) in [5, 5.41) is 9.87. The Hall–Kier alpha value is -3.13. The average molecular weight is 534 g/mol. The Bertz CT molecular complexity index is 1240. The van der Waals surface area contributed by atoms with Crippen molar-refractivity contribution >= 4 is 23.6 Å². The van der Waals surface area contributed by atoms with Crippen LogP contribution in [0.2, 0.25) is 0 Å². The first kappa shape index (κ1) is 27.9. The lowest BCUT2D eigenvalue weighted by Gasteiger charge is -2.40. The average Bonchev–Trinajstić information content (AvgIpc) is 3.30. The molecule has 1 saturated heterocycles. The van der Waals surface area contributed by atoms with Crippen molar-refractivity contribution in [2.45, 2.75) is 65.1 Å². The molecule has 1 aromatic heterocycles. The van der Waals surface area contributed by atoms with E-state index in [2.05, 4.69) is 91.0 Å². The summed E-state index contributed by atoms with van der Waals surface area (Å²) < 4.78 is 2.10. The summed E-state index contributed by atoms with van der Waals surface area (Å²) in [5.74, 6) is 2.28. The smallest absolute Gasteiger partial charge is 0.223 e. The number of rotatable bonds is 9. The van der Waals surface area contributed by atoms with Gasteiger partial charge in [0, 0.05) is 55.5 Å². The number of benzene rings is 2. The molecule has 0 spiro atoms. The molecule has 0 radical (unpaired) electrons. The van der Waals surface area contributed by atoms with Gasteiger partial charge in [0.25, 0.3) is 0 Å². The van der Waals surface area contributed by atoms with Crippen molar-refractivity contribution < 1.29 is 9.59 Å². The van der Waals surface area contributed by atoms with E-state index in [9.17, 15) is 9.59 Å². The number of nitrogens with zero attached hydrogens (tertiary/aromatic N) is 5. The van der Waals surface area contributed by atoms with E-state index in [1.165, 1.54) is 11.1 Å². The molecule has 4 rings (SSSR count). The lowest BCUT2D eigenvalue weighted by atomic mass is 10.1. The topological polar surface area (TPSA) is 71.3 Å². The maximum atomic E-state index is 12.9. The maximum absolute atomic E-state index is 12.9. The highest BCUT2D eigenvalue weighted by Gasteiger charge is 2.29. The minimum absolute atomic E-state index is 0.0570. The predicted octanol–water partition coefficient (Wildman–Crippen LogP) is 5.53. The van der Waals surface area contributed by atoms with Crippen molar-refractivity contribution in [3.05, 3.63) is 59.7 Å². The van der Waals surface area contributed by atoms with E-state index in [-0.39, 0.29) is 17.9 Å². The van der Waals surface area contributed by atoms with Gasteiger partial charge in [0.1, 0.15) is 0 Å². The van der Waals surface area contributed by atoms with Gasteiger partial charge in [0.05, 0.1) is 0 Å². The first-order valence-electron chi connectivity index (χ1n) is 13.5. The second-order valence-corrected chi connectivity index (χ2v) is 11.7. The highest BCUT2D eigenvalue weighted by molar-refractivity contribution is 7.99. The number of hydrogen-bond acceptors (Lipinski definition) is 5. The second kappa shape index (κ2) is 12.6. The van der Waals surface area contributed by atoms with Gasteiger partial charge in [-0.3, -0.25) is 14.2 Å². The van der Waals surface area contributed by atoms with Crippen molar-refractivity contribution in [2.75, 3.05) is 25.4 Å². The fourth-order valence-corrected chi connectivity index (χ4v) is 5.64. The maximum Gasteiger partial charge on any atom is 0.223 e. The Morgan fingerprint density at radius 1 is 0.947 bits per heavy atom. The summed E-state index contributed by atoms with van der Waals surface area (Å²) in [6.07, 6.45) is 1.81. The van der Waals surface area contributed by atoms with E-state index in [1.807, 2.05) is 16.7 Å². The standard InChI is InChI=1S/C30H39N5O2S/c1-21(2)19-28(37)34-17-16-33(20-24(34)5)27(36)7-6-18-38-30-32-31-29(25-12-8-22(3)9-13-25)35(30)26-14-10-23(4)11-15-26/h8-15,21,24H,6-7,16-20H2,1-5H3. The van der Waals surface area contributed by atoms with Crippen LogP contribution in [0.1, 0.15) is 51.2 Å². The van der Waals surface area contributed by atoms with Crippen LogP contribution in [0.3, 0.4) is 0 Å². The highest BCUT2D eigenvalue weighted by atomic mass is 32.2. The van der Waals surface area contributed by atoms with Gasteiger partial charge in [0.15, 0.2) is 11.0 Å². The van der Waals surface area contributed by atoms with E-state index in [1.54, 1.807) is 11.8 Å². The van der Waals surface area contributed by atoms with Crippen LogP contribution in [0.15, 0.2) is 53.7 Å². The predicted molar refractivity (Wildman–Crippen MR) is 153 cm³/mol. The van der Waals surface area contributed by atoms with Crippen LogP contribution >= 0.6 is 11.8 Å². The van der Waals surface area contributed by atoms with E-state index in [4.69, 9.17) is 0 Å². The molecule has 202 valence electrons. The molecular weight excluding hydrogens is 494 g/mol. The normalized spacial score (nSPS) is 15.8. The minimum Gasteiger partial charge on any atom is -0.339 e. The molecule has 0 aliphatic carbocycles. The number of aryl methyl sites for hydroxylation is 2. The zero-order chi connectivity index (χ0) is 27.2. The van der Waals surface area contributed by atoms with E-state index in [0.717, 1.165) is 34.4 Å². The molecule has 7 nitrogen and oxygen atoms in total. The molecular formula is C30H39N5O2S. The summed E-state index contributed by atoms with van der Waals surface area (Å²) in [7, 11) is 0. The summed E-state index contributed by atoms with van der Waals surface area (Å²) in [6, 6.07) is 16.8. The zero-order valence-electron chi connectivity index (χ0n) is 23.2. The van der Waals surface area contributed by atoms with Crippen LogP contribution in [0.25, 0.3) is 17.1 Å². The summed E-state index contributed by atoms with van der Waals surface area (Å²) in [5.41, 5.74) is 4.44. The zero-order valence-corrected chi connectivity index (χ0v) is 24.0. The van der Waals surface area contributed by atoms with E-state index < -0.39 is 0 Å². The molecule has 3 aromatic rings. The Labute approximate surface area is 230 Å². The van der Waals surface area contributed by atoms with Gasteiger partial charge in [-0.15, -0.1) is 10.2 Å². The van der Waals surface area contributed by atoms with Crippen molar-refractivity contribution in [3.8, 4) is 17.1 Å². The van der Waals surface area contributed by atoms with Crippen molar-refractivity contribution in [1.29, 1.82) is 0 Å². The van der Waals surface area contributed by atoms with Crippen molar-refractivity contribution in [2.24, 2.45) is 5.92 Å². The summed E-state index contributed by atoms with van der Waals surface area (Å²) >= 11 is 1.63. The number of piperazine rings is 1. The Morgan fingerprint density at radius 2 is 1.61 bits per heavy atom.